The quantitative estimate of drug-likeness (QED) is 0.142. The van der Waals surface area contributed by atoms with Crippen molar-refractivity contribution < 1.29 is 0 Å². The fourth-order valence-electron chi connectivity index (χ4n) is 16.1. The van der Waals surface area contributed by atoms with Crippen molar-refractivity contribution in [2.75, 3.05) is 0 Å². The van der Waals surface area contributed by atoms with Crippen molar-refractivity contribution in [1.29, 1.82) is 0 Å². The van der Waals surface area contributed by atoms with E-state index in [1.165, 1.54) is 133 Å². The molecule has 0 N–H and O–H groups in total. The fraction of sp³-hybridized carbons (Fsp3) is 0.333. The highest BCUT2D eigenvalue weighted by molar-refractivity contribution is 5.82. The van der Waals surface area contributed by atoms with Crippen molar-refractivity contribution in [2.45, 2.75) is 87.9 Å². The van der Waals surface area contributed by atoms with E-state index in [2.05, 4.69) is 157 Å². The molecule has 8 aliphatic rings. The predicted octanol–water partition coefficient (Wildman–Crippen LogP) is 14.7. The summed E-state index contributed by atoms with van der Waals surface area (Å²) in [5.74, 6) is 9.78. The fourth-order valence-corrected chi connectivity index (χ4v) is 16.1. The second kappa shape index (κ2) is 13.5. The second-order valence-electron chi connectivity index (χ2n) is 20.7. The van der Waals surface area contributed by atoms with Crippen LogP contribution in [0.15, 0.2) is 146 Å². The van der Waals surface area contributed by atoms with Gasteiger partial charge in [0.15, 0.2) is 0 Å². The lowest BCUT2D eigenvalue weighted by Gasteiger charge is -2.74. The minimum atomic E-state index is 0.0915. The average molecular weight is 775 g/mol. The molecule has 0 aliphatic heterocycles. The Morgan fingerprint density at radius 1 is 0.367 bits per heavy atom. The van der Waals surface area contributed by atoms with Gasteiger partial charge in [-0.25, -0.2) is 0 Å². The first-order valence-electron chi connectivity index (χ1n) is 22.9. The van der Waals surface area contributed by atoms with E-state index in [0.29, 0.717) is 10.8 Å². The van der Waals surface area contributed by atoms with Gasteiger partial charge >= 0.3 is 0 Å². The van der Waals surface area contributed by atoms with E-state index in [1.807, 2.05) is 0 Å². The van der Waals surface area contributed by atoms with Gasteiger partial charge in [0.1, 0.15) is 0 Å². The van der Waals surface area contributed by atoms with Crippen LogP contribution in [0.4, 0.5) is 0 Å². The molecule has 6 aromatic carbocycles. The Morgan fingerprint density at radius 3 is 1.00 bits per heavy atom. The molecule has 0 nitrogen and oxygen atoms in total. The maximum atomic E-state index is 6.73. The summed E-state index contributed by atoms with van der Waals surface area (Å²) < 4.78 is 0. The smallest absolute Gasteiger partial charge is 0.0359 e. The summed E-state index contributed by atoms with van der Waals surface area (Å²) in [4.78, 5) is 0. The van der Waals surface area contributed by atoms with Gasteiger partial charge in [-0.15, -0.1) is 12.8 Å². The molecule has 0 saturated heterocycles. The van der Waals surface area contributed by atoms with E-state index >= 15 is 0 Å². The van der Waals surface area contributed by atoms with Crippen LogP contribution in [0.3, 0.4) is 0 Å². The van der Waals surface area contributed by atoms with Gasteiger partial charge in [0.2, 0.25) is 0 Å². The molecule has 8 aliphatic carbocycles. The molecule has 0 aromatic heterocycles. The van der Waals surface area contributed by atoms with Crippen LogP contribution in [-0.2, 0) is 10.8 Å². The van der Waals surface area contributed by atoms with Gasteiger partial charge in [-0.05, 0) is 202 Å². The molecule has 14 rings (SSSR count). The zero-order chi connectivity index (χ0) is 40.1. The monoisotopic (exact) mass is 774 g/mol. The van der Waals surface area contributed by atoms with Crippen molar-refractivity contribution in [2.24, 2.45) is 34.5 Å². The summed E-state index contributed by atoms with van der Waals surface area (Å²) in [6, 6.07) is 53.9. The lowest BCUT2D eigenvalue weighted by atomic mass is 9.30. The summed E-state index contributed by atoms with van der Waals surface area (Å²) >= 11 is 0. The summed E-state index contributed by atoms with van der Waals surface area (Å²) in [5.41, 5.74) is 16.1. The first-order valence-corrected chi connectivity index (χ1v) is 22.9. The van der Waals surface area contributed by atoms with E-state index in [0.717, 1.165) is 34.8 Å². The zero-order valence-corrected chi connectivity index (χ0v) is 34.8. The minimum Gasteiger partial charge on any atom is -0.115 e. The molecule has 0 heteroatoms. The van der Waals surface area contributed by atoms with Gasteiger partial charge in [-0.2, -0.15) is 0 Å². The van der Waals surface area contributed by atoms with E-state index in [9.17, 15) is 0 Å². The molecule has 8 bridgehead atoms. The molecule has 8 fully saturated rings. The Balaban J connectivity index is 1.02. The Labute approximate surface area is 357 Å². The first-order chi connectivity index (χ1) is 29.4. The predicted molar refractivity (Wildman–Crippen MR) is 248 cm³/mol. The summed E-state index contributed by atoms with van der Waals surface area (Å²) in [5, 5.41) is 0. The van der Waals surface area contributed by atoms with Crippen LogP contribution < -0.4 is 0 Å². The second-order valence-corrected chi connectivity index (χ2v) is 20.7. The molecule has 60 heavy (non-hydrogen) atoms. The normalized spacial score (nSPS) is 31.8. The van der Waals surface area contributed by atoms with Gasteiger partial charge in [0.25, 0.3) is 0 Å². The number of hydrogen-bond donors (Lipinski definition) is 0. The minimum absolute atomic E-state index is 0.0915. The Morgan fingerprint density at radius 2 is 0.683 bits per heavy atom. The van der Waals surface area contributed by atoms with Crippen molar-refractivity contribution in [3.63, 3.8) is 0 Å². The van der Waals surface area contributed by atoms with Crippen LogP contribution in [-0.4, -0.2) is 0 Å². The molecular weight excluding hydrogens is 721 g/mol. The van der Waals surface area contributed by atoms with Crippen LogP contribution in [0.2, 0.25) is 0 Å². The van der Waals surface area contributed by atoms with Crippen molar-refractivity contribution >= 4 is 0 Å². The number of hydrogen-bond acceptors (Lipinski definition) is 0. The van der Waals surface area contributed by atoms with Crippen molar-refractivity contribution in [3.8, 4) is 69.2 Å². The van der Waals surface area contributed by atoms with Crippen LogP contribution in [0.1, 0.15) is 99.3 Å². The van der Waals surface area contributed by atoms with Gasteiger partial charge in [0.05, 0.1) is 0 Å². The molecule has 4 unspecified atom stereocenters. The lowest BCUT2D eigenvalue weighted by Crippen LogP contribution is -2.66. The molecule has 8 saturated carbocycles. The van der Waals surface area contributed by atoms with Gasteiger partial charge in [-0.1, -0.05) is 133 Å². The van der Waals surface area contributed by atoms with E-state index in [-0.39, 0.29) is 10.8 Å². The van der Waals surface area contributed by atoms with E-state index < -0.39 is 0 Å². The molecule has 0 amide bonds. The highest BCUT2D eigenvalue weighted by Crippen LogP contribution is 2.79. The molecule has 4 atom stereocenters. The van der Waals surface area contributed by atoms with Crippen molar-refractivity contribution in [3.05, 3.63) is 168 Å². The highest BCUT2D eigenvalue weighted by Gasteiger charge is 2.70. The third-order valence-electron chi connectivity index (χ3n) is 17.3. The summed E-state index contributed by atoms with van der Waals surface area (Å²) in [7, 11) is 0. The molecule has 6 aromatic rings. The third-order valence-corrected chi connectivity index (χ3v) is 17.3. The van der Waals surface area contributed by atoms with Crippen LogP contribution >= 0.6 is 0 Å². The Kier molecular flexibility index (Phi) is 8.15. The van der Waals surface area contributed by atoms with Crippen LogP contribution in [0.5, 0.6) is 0 Å². The van der Waals surface area contributed by atoms with Gasteiger partial charge < -0.3 is 0 Å². The van der Waals surface area contributed by atoms with E-state index in [4.69, 9.17) is 12.8 Å². The number of rotatable bonds is 7. The van der Waals surface area contributed by atoms with Gasteiger partial charge in [0, 0.05) is 11.1 Å². The average Bonchev–Trinajstić information content (AvgIpc) is 3.28. The topological polar surface area (TPSA) is 0 Å². The third kappa shape index (κ3) is 5.46. The van der Waals surface area contributed by atoms with E-state index in [1.54, 1.807) is 0 Å². The zero-order valence-electron chi connectivity index (χ0n) is 34.8. The number of terminal acetylenes is 2. The largest absolute Gasteiger partial charge is 0.115 e. The lowest BCUT2D eigenvalue weighted by molar-refractivity contribution is -0.212. The molecule has 0 spiro atoms. The highest BCUT2D eigenvalue weighted by atomic mass is 14.7. The first kappa shape index (κ1) is 36.3. The number of benzene rings is 6. The SMILES string of the molecule is C#Cc1c(-c2ccccc2)cc(-c2ccccc2)cc1C12CC3CC(C1)CC(C14CC5CC(CC(c6cc(-c7ccccc7)cc(-c7ccccc7)c6C#C)(C5)C1)C4)(C3)C2. The molecule has 0 radical (unpaired) electrons. The molecule has 294 valence electrons. The maximum Gasteiger partial charge on any atom is 0.0359 e. The summed E-state index contributed by atoms with van der Waals surface area (Å²) in [6.07, 6.45) is 29.5. The summed E-state index contributed by atoms with van der Waals surface area (Å²) in [6.45, 7) is 0. The Bertz CT molecular complexity index is 2490. The molecule has 0 heterocycles. The maximum absolute atomic E-state index is 6.73. The Hall–Kier alpha value is -5.56. The van der Waals surface area contributed by atoms with Crippen molar-refractivity contribution in [1.82, 2.24) is 0 Å². The molecular formula is C60H54. The standard InChI is InChI=1S/C60H54/c1-3-51-53(47-21-13-7-14-22-47)27-49(45-17-9-5-10-18-45)29-55(51)57-31-41-25-42(32-57)36-59(35-41,39-57)60-37-43-26-44(38-60)34-58(33-43,40-60)56-30-50(46-19-11-6-12-20-46)28-54(52(56)4-2)48-23-15-8-16-24-48/h1-2,5-24,27-30,41-44H,25-26,31-40H2. The van der Waals surface area contributed by atoms with Gasteiger partial charge in [-0.3, -0.25) is 0 Å². The van der Waals surface area contributed by atoms with Crippen LogP contribution in [0, 0.1) is 59.2 Å². The van der Waals surface area contributed by atoms with Crippen LogP contribution in [0.25, 0.3) is 44.5 Å².